The molecule has 0 aliphatic rings. The van der Waals surface area contributed by atoms with Gasteiger partial charge in [-0.1, -0.05) is 12.1 Å². The first-order chi connectivity index (χ1) is 7.12. The van der Waals surface area contributed by atoms with Crippen LogP contribution in [0, 0.1) is 0 Å². The van der Waals surface area contributed by atoms with E-state index in [4.69, 9.17) is 0 Å². The molecule has 0 heterocycles. The van der Waals surface area contributed by atoms with Crippen molar-refractivity contribution >= 4 is 0 Å². The second-order valence-electron chi connectivity index (χ2n) is 3.02. The number of halogens is 7. The number of benzene rings is 1. The Balaban J connectivity index is 2.96. The van der Waals surface area contributed by atoms with E-state index in [2.05, 4.69) is 0 Å². The van der Waals surface area contributed by atoms with E-state index in [1.165, 1.54) is 0 Å². The maximum Gasteiger partial charge on any atom is 0.423 e. The summed E-state index contributed by atoms with van der Waals surface area (Å²) in [5.41, 5.74) is -1.97. The van der Waals surface area contributed by atoms with Crippen LogP contribution in [0.15, 0.2) is 24.3 Å². The van der Waals surface area contributed by atoms with Crippen LogP contribution in [0.5, 0.6) is 0 Å². The lowest BCUT2D eigenvalue weighted by atomic mass is 10.1. The van der Waals surface area contributed by atoms with Crippen molar-refractivity contribution in [3.05, 3.63) is 35.4 Å². The van der Waals surface area contributed by atoms with E-state index in [0.29, 0.717) is 24.3 Å². The monoisotopic (exact) mass is 246 g/mol. The highest BCUT2D eigenvalue weighted by Gasteiger charge is 2.41. The number of alkyl halides is 7. The van der Waals surface area contributed by atoms with Crippen LogP contribution in [0.25, 0.3) is 0 Å². The molecular formula is C9H5F7. The van der Waals surface area contributed by atoms with E-state index in [1.807, 2.05) is 0 Å². The van der Waals surface area contributed by atoms with Crippen molar-refractivity contribution in [2.24, 2.45) is 0 Å². The number of rotatable bonds is 1. The molecule has 1 unspecified atom stereocenters. The number of hydrogen-bond acceptors (Lipinski definition) is 0. The van der Waals surface area contributed by atoms with Gasteiger partial charge in [0.25, 0.3) is 0 Å². The standard InChI is InChI=1S/C9H5F7/c10-7(9(14,15)16)5-1-3-6(4-2-5)8(11,12)13/h1-4,7H. The third-order valence-electron chi connectivity index (χ3n) is 1.82. The molecule has 0 nitrogen and oxygen atoms in total. The molecule has 0 aliphatic carbocycles. The molecule has 7 heteroatoms. The molecule has 0 saturated carbocycles. The molecule has 0 radical (unpaired) electrons. The lowest BCUT2D eigenvalue weighted by molar-refractivity contribution is -0.182. The Kier molecular flexibility index (Phi) is 3.16. The second kappa shape index (κ2) is 3.95. The van der Waals surface area contributed by atoms with Crippen LogP contribution in [0.4, 0.5) is 30.7 Å². The molecular weight excluding hydrogens is 241 g/mol. The van der Waals surface area contributed by atoms with Gasteiger partial charge in [0, 0.05) is 0 Å². The van der Waals surface area contributed by atoms with Gasteiger partial charge in [0.2, 0.25) is 6.17 Å². The third-order valence-corrected chi connectivity index (χ3v) is 1.82. The van der Waals surface area contributed by atoms with Crippen molar-refractivity contribution < 1.29 is 30.7 Å². The van der Waals surface area contributed by atoms with Crippen LogP contribution in [0.1, 0.15) is 17.3 Å². The summed E-state index contributed by atoms with van der Waals surface area (Å²) >= 11 is 0. The van der Waals surface area contributed by atoms with Crippen LogP contribution < -0.4 is 0 Å². The van der Waals surface area contributed by atoms with Crippen LogP contribution in [0.2, 0.25) is 0 Å². The SMILES string of the molecule is FC(c1ccc(C(F)(F)F)cc1)C(F)(F)F. The van der Waals surface area contributed by atoms with Crippen molar-refractivity contribution in [2.75, 3.05) is 0 Å². The highest BCUT2D eigenvalue weighted by molar-refractivity contribution is 5.26. The van der Waals surface area contributed by atoms with Crippen molar-refractivity contribution in [3.8, 4) is 0 Å². The molecule has 1 aromatic rings. The van der Waals surface area contributed by atoms with Gasteiger partial charge in [-0.25, -0.2) is 4.39 Å². The molecule has 0 spiro atoms. The Bertz CT molecular complexity index is 346. The van der Waals surface area contributed by atoms with E-state index in [-0.39, 0.29) is 0 Å². The molecule has 0 N–H and O–H groups in total. The fourth-order valence-corrected chi connectivity index (χ4v) is 1.03. The fraction of sp³-hybridized carbons (Fsp3) is 0.333. The summed E-state index contributed by atoms with van der Waals surface area (Å²) in [5, 5.41) is 0. The smallest absolute Gasteiger partial charge is 0.232 e. The Morgan fingerprint density at radius 2 is 1.25 bits per heavy atom. The molecule has 1 rings (SSSR count). The van der Waals surface area contributed by atoms with Crippen molar-refractivity contribution in [1.29, 1.82) is 0 Å². The minimum atomic E-state index is -5.11. The van der Waals surface area contributed by atoms with E-state index < -0.39 is 29.7 Å². The summed E-state index contributed by atoms with van der Waals surface area (Å²) < 4.78 is 84.4. The second-order valence-corrected chi connectivity index (χ2v) is 3.02. The lowest BCUT2D eigenvalue weighted by Gasteiger charge is -2.13. The van der Waals surface area contributed by atoms with Crippen LogP contribution in [-0.2, 0) is 6.18 Å². The molecule has 0 aliphatic heterocycles. The highest BCUT2D eigenvalue weighted by Crippen LogP contribution is 2.37. The largest absolute Gasteiger partial charge is 0.423 e. The average molecular weight is 246 g/mol. The number of hydrogen-bond donors (Lipinski definition) is 0. The first-order valence-corrected chi connectivity index (χ1v) is 4.00. The molecule has 1 aromatic carbocycles. The van der Waals surface area contributed by atoms with Gasteiger partial charge < -0.3 is 0 Å². The molecule has 0 saturated heterocycles. The van der Waals surface area contributed by atoms with Gasteiger partial charge in [0.1, 0.15) is 0 Å². The summed E-state index contributed by atoms with van der Waals surface area (Å²) in [5.74, 6) is 0. The topological polar surface area (TPSA) is 0 Å². The first kappa shape index (κ1) is 12.8. The Hall–Kier alpha value is -1.27. The molecule has 0 fully saturated rings. The molecule has 0 amide bonds. The van der Waals surface area contributed by atoms with Crippen LogP contribution in [0.3, 0.4) is 0 Å². The minimum absolute atomic E-state index is 0.410. The van der Waals surface area contributed by atoms with Gasteiger partial charge in [-0.3, -0.25) is 0 Å². The van der Waals surface area contributed by atoms with Crippen molar-refractivity contribution in [3.63, 3.8) is 0 Å². The highest BCUT2D eigenvalue weighted by atomic mass is 19.4. The normalized spacial score (nSPS) is 14.9. The van der Waals surface area contributed by atoms with Crippen molar-refractivity contribution in [2.45, 2.75) is 18.5 Å². The Morgan fingerprint density at radius 1 is 0.812 bits per heavy atom. The van der Waals surface area contributed by atoms with Gasteiger partial charge in [-0.2, -0.15) is 26.3 Å². The summed E-state index contributed by atoms with van der Waals surface area (Å²) in [6, 6.07) is 1.77. The summed E-state index contributed by atoms with van der Waals surface area (Å²) in [7, 11) is 0. The molecule has 90 valence electrons. The van der Waals surface area contributed by atoms with Crippen LogP contribution in [-0.4, -0.2) is 6.18 Å². The van der Waals surface area contributed by atoms with Gasteiger partial charge in [0.05, 0.1) is 5.56 Å². The van der Waals surface area contributed by atoms with Gasteiger partial charge in [-0.05, 0) is 17.7 Å². The molecule has 0 bridgehead atoms. The predicted octanol–water partition coefficient (Wildman–Crippen LogP) is 4.28. The minimum Gasteiger partial charge on any atom is -0.232 e. The Morgan fingerprint density at radius 3 is 1.56 bits per heavy atom. The van der Waals surface area contributed by atoms with Crippen molar-refractivity contribution in [1.82, 2.24) is 0 Å². The quantitative estimate of drug-likeness (QED) is 0.649. The lowest BCUT2D eigenvalue weighted by Crippen LogP contribution is -2.16. The van der Waals surface area contributed by atoms with Crippen LogP contribution >= 0.6 is 0 Å². The zero-order valence-electron chi connectivity index (χ0n) is 7.53. The Labute approximate surface area is 85.7 Å². The summed E-state index contributed by atoms with van der Waals surface area (Å²) in [6.45, 7) is 0. The molecule has 1 atom stereocenters. The summed E-state index contributed by atoms with van der Waals surface area (Å²) in [4.78, 5) is 0. The fourth-order valence-electron chi connectivity index (χ4n) is 1.03. The van der Waals surface area contributed by atoms with Gasteiger partial charge in [-0.15, -0.1) is 0 Å². The van der Waals surface area contributed by atoms with Gasteiger partial charge >= 0.3 is 12.4 Å². The average Bonchev–Trinajstić information content (AvgIpc) is 2.14. The third kappa shape index (κ3) is 2.86. The zero-order chi connectivity index (χ0) is 12.6. The maximum atomic E-state index is 12.7. The zero-order valence-corrected chi connectivity index (χ0v) is 7.53. The molecule has 16 heavy (non-hydrogen) atoms. The van der Waals surface area contributed by atoms with E-state index >= 15 is 0 Å². The van der Waals surface area contributed by atoms with E-state index in [0.717, 1.165) is 0 Å². The van der Waals surface area contributed by atoms with Gasteiger partial charge in [0.15, 0.2) is 0 Å². The summed E-state index contributed by atoms with van der Waals surface area (Å²) in [6.07, 6.45) is -13.0. The first-order valence-electron chi connectivity index (χ1n) is 4.00. The molecule has 0 aromatic heterocycles. The predicted molar refractivity (Wildman–Crippen MR) is 41.3 cm³/mol. The van der Waals surface area contributed by atoms with E-state index in [9.17, 15) is 30.7 Å². The van der Waals surface area contributed by atoms with E-state index in [1.54, 1.807) is 0 Å². The maximum absolute atomic E-state index is 12.7.